The number of carbonyl (C=O) groups excluding carboxylic acids is 1. The number of hydrogen-bond acceptors (Lipinski definition) is 1. The van der Waals surface area contributed by atoms with Crippen molar-refractivity contribution in [2.75, 3.05) is 0 Å². The molecule has 0 spiro atoms. The van der Waals surface area contributed by atoms with Gasteiger partial charge in [-0.2, -0.15) is 0 Å². The van der Waals surface area contributed by atoms with Gasteiger partial charge < -0.3 is 5.32 Å². The third kappa shape index (κ3) is 3.34. The molecule has 0 saturated heterocycles. The van der Waals surface area contributed by atoms with E-state index in [2.05, 4.69) is 21.2 Å². The highest BCUT2D eigenvalue weighted by Crippen LogP contribution is 2.22. The highest BCUT2D eigenvalue weighted by atomic mass is 79.9. The van der Waals surface area contributed by atoms with Crippen LogP contribution in [0.15, 0.2) is 28.7 Å². The van der Waals surface area contributed by atoms with Crippen molar-refractivity contribution in [1.82, 2.24) is 5.32 Å². The van der Waals surface area contributed by atoms with E-state index >= 15 is 0 Å². The van der Waals surface area contributed by atoms with Gasteiger partial charge in [0.2, 0.25) is 5.91 Å². The lowest BCUT2D eigenvalue weighted by atomic mass is 10.1. The third-order valence-electron chi connectivity index (χ3n) is 2.25. The molecule has 0 saturated carbocycles. The summed E-state index contributed by atoms with van der Waals surface area (Å²) in [4.78, 5) is 11.5. The number of nitrogens with one attached hydrogen (secondary N) is 1. The zero-order valence-electron chi connectivity index (χ0n) is 9.25. The van der Waals surface area contributed by atoms with Crippen molar-refractivity contribution in [1.29, 1.82) is 0 Å². The standard InChI is InChI=1S/C12H16BrNO/c1-8(2)12(15)14-9(3)10-6-4-5-7-11(10)13/h4-9H,1-3H3,(H,14,15). The molecule has 1 unspecified atom stereocenters. The maximum atomic E-state index is 11.5. The second-order valence-electron chi connectivity index (χ2n) is 3.91. The zero-order chi connectivity index (χ0) is 11.4. The van der Waals surface area contributed by atoms with Crippen molar-refractivity contribution < 1.29 is 4.79 Å². The largest absolute Gasteiger partial charge is 0.349 e. The Bertz CT molecular complexity index is 349. The van der Waals surface area contributed by atoms with Crippen LogP contribution in [0.4, 0.5) is 0 Å². The lowest BCUT2D eigenvalue weighted by Crippen LogP contribution is -2.30. The molecule has 0 heterocycles. The Morgan fingerprint density at radius 2 is 1.87 bits per heavy atom. The van der Waals surface area contributed by atoms with E-state index in [9.17, 15) is 4.79 Å². The minimum absolute atomic E-state index is 0.0231. The molecule has 1 aromatic rings. The van der Waals surface area contributed by atoms with Crippen LogP contribution in [0.1, 0.15) is 32.4 Å². The van der Waals surface area contributed by atoms with Crippen LogP contribution in [0.5, 0.6) is 0 Å². The van der Waals surface area contributed by atoms with Crippen molar-refractivity contribution >= 4 is 21.8 Å². The van der Waals surface area contributed by atoms with Crippen LogP contribution in [0, 0.1) is 5.92 Å². The van der Waals surface area contributed by atoms with Crippen molar-refractivity contribution in [2.45, 2.75) is 26.8 Å². The van der Waals surface area contributed by atoms with Gasteiger partial charge >= 0.3 is 0 Å². The lowest BCUT2D eigenvalue weighted by molar-refractivity contribution is -0.124. The summed E-state index contributed by atoms with van der Waals surface area (Å²) in [5.41, 5.74) is 1.10. The minimum Gasteiger partial charge on any atom is -0.349 e. The number of amides is 1. The van der Waals surface area contributed by atoms with E-state index in [4.69, 9.17) is 0 Å². The Morgan fingerprint density at radius 1 is 1.27 bits per heavy atom. The summed E-state index contributed by atoms with van der Waals surface area (Å²) in [5, 5.41) is 2.97. The first kappa shape index (κ1) is 12.2. The molecule has 0 bridgehead atoms. The predicted octanol–water partition coefficient (Wildman–Crippen LogP) is 3.28. The normalized spacial score (nSPS) is 12.6. The van der Waals surface area contributed by atoms with Crippen LogP contribution in [0.2, 0.25) is 0 Å². The van der Waals surface area contributed by atoms with Crippen molar-refractivity contribution in [3.05, 3.63) is 34.3 Å². The summed E-state index contributed by atoms with van der Waals surface area (Å²) >= 11 is 3.47. The fourth-order valence-corrected chi connectivity index (χ4v) is 1.91. The molecule has 1 rings (SSSR count). The second-order valence-corrected chi connectivity index (χ2v) is 4.76. The van der Waals surface area contributed by atoms with Gasteiger partial charge in [0.25, 0.3) is 0 Å². The quantitative estimate of drug-likeness (QED) is 0.897. The van der Waals surface area contributed by atoms with Crippen LogP contribution < -0.4 is 5.32 Å². The maximum absolute atomic E-state index is 11.5. The monoisotopic (exact) mass is 269 g/mol. The van der Waals surface area contributed by atoms with Gasteiger partial charge in [-0.1, -0.05) is 48.0 Å². The molecule has 0 aliphatic carbocycles. The first-order valence-electron chi connectivity index (χ1n) is 5.07. The molecule has 1 N–H and O–H groups in total. The molecule has 0 aromatic heterocycles. The summed E-state index contributed by atoms with van der Waals surface area (Å²) < 4.78 is 1.03. The number of halogens is 1. The molecule has 0 fully saturated rings. The predicted molar refractivity (Wildman–Crippen MR) is 65.5 cm³/mol. The Balaban J connectivity index is 2.73. The molecular formula is C12H16BrNO. The highest BCUT2D eigenvalue weighted by molar-refractivity contribution is 9.10. The number of hydrogen-bond donors (Lipinski definition) is 1. The average molecular weight is 270 g/mol. The van der Waals surface area contributed by atoms with E-state index in [-0.39, 0.29) is 17.9 Å². The molecule has 82 valence electrons. The average Bonchev–Trinajstić information content (AvgIpc) is 2.18. The van der Waals surface area contributed by atoms with Crippen molar-refractivity contribution in [3.8, 4) is 0 Å². The Labute approximate surface area is 99.2 Å². The van der Waals surface area contributed by atoms with E-state index < -0.39 is 0 Å². The van der Waals surface area contributed by atoms with Crippen LogP contribution in [-0.2, 0) is 4.79 Å². The number of rotatable bonds is 3. The summed E-state index contributed by atoms with van der Waals surface area (Å²) in [7, 11) is 0. The fourth-order valence-electron chi connectivity index (χ4n) is 1.28. The van der Waals surface area contributed by atoms with Crippen molar-refractivity contribution in [2.24, 2.45) is 5.92 Å². The van der Waals surface area contributed by atoms with Gasteiger partial charge in [0, 0.05) is 10.4 Å². The summed E-state index contributed by atoms with van der Waals surface area (Å²) in [6.45, 7) is 5.77. The molecule has 2 nitrogen and oxygen atoms in total. The van der Waals surface area contributed by atoms with Crippen LogP contribution in [0.3, 0.4) is 0 Å². The van der Waals surface area contributed by atoms with Gasteiger partial charge in [-0.3, -0.25) is 4.79 Å². The van der Waals surface area contributed by atoms with E-state index in [1.54, 1.807) is 0 Å². The smallest absolute Gasteiger partial charge is 0.223 e. The van der Waals surface area contributed by atoms with Crippen LogP contribution in [-0.4, -0.2) is 5.91 Å². The van der Waals surface area contributed by atoms with Gasteiger partial charge in [-0.15, -0.1) is 0 Å². The van der Waals surface area contributed by atoms with Gasteiger partial charge in [0.15, 0.2) is 0 Å². The van der Waals surface area contributed by atoms with Crippen LogP contribution >= 0.6 is 15.9 Å². The molecule has 1 amide bonds. The number of benzene rings is 1. The first-order valence-corrected chi connectivity index (χ1v) is 5.86. The Hall–Kier alpha value is -0.830. The molecular weight excluding hydrogens is 254 g/mol. The van der Waals surface area contributed by atoms with E-state index in [1.807, 2.05) is 45.0 Å². The summed E-state index contributed by atoms with van der Waals surface area (Å²) in [6.07, 6.45) is 0. The lowest BCUT2D eigenvalue weighted by Gasteiger charge is -2.17. The third-order valence-corrected chi connectivity index (χ3v) is 2.98. The summed E-state index contributed by atoms with van der Waals surface area (Å²) in [5.74, 6) is 0.105. The Kier molecular flexibility index (Phi) is 4.33. The molecule has 1 aromatic carbocycles. The zero-order valence-corrected chi connectivity index (χ0v) is 10.8. The SMILES string of the molecule is CC(C)C(=O)NC(C)c1ccccc1Br. The van der Waals surface area contributed by atoms with E-state index in [1.165, 1.54) is 0 Å². The number of carbonyl (C=O) groups is 1. The van der Waals surface area contributed by atoms with Crippen molar-refractivity contribution in [3.63, 3.8) is 0 Å². The molecule has 15 heavy (non-hydrogen) atoms. The van der Waals surface area contributed by atoms with Gasteiger partial charge in [0.05, 0.1) is 6.04 Å². The summed E-state index contributed by atoms with van der Waals surface area (Å²) in [6, 6.07) is 7.96. The molecule has 0 aliphatic heterocycles. The molecule has 0 radical (unpaired) electrons. The van der Waals surface area contributed by atoms with Gasteiger partial charge in [-0.25, -0.2) is 0 Å². The maximum Gasteiger partial charge on any atom is 0.223 e. The van der Waals surface area contributed by atoms with E-state index in [0.717, 1.165) is 10.0 Å². The highest BCUT2D eigenvalue weighted by Gasteiger charge is 2.13. The molecule has 1 atom stereocenters. The minimum atomic E-state index is 0.0231. The first-order chi connectivity index (χ1) is 7.02. The van der Waals surface area contributed by atoms with Gasteiger partial charge in [0.1, 0.15) is 0 Å². The fraction of sp³-hybridized carbons (Fsp3) is 0.417. The van der Waals surface area contributed by atoms with E-state index in [0.29, 0.717) is 0 Å². The Morgan fingerprint density at radius 3 is 2.40 bits per heavy atom. The molecule has 0 aliphatic rings. The second kappa shape index (κ2) is 5.31. The van der Waals surface area contributed by atoms with Crippen LogP contribution in [0.25, 0.3) is 0 Å². The van der Waals surface area contributed by atoms with Gasteiger partial charge in [-0.05, 0) is 18.6 Å². The molecule has 3 heteroatoms. The topological polar surface area (TPSA) is 29.1 Å².